The second-order valence-corrected chi connectivity index (χ2v) is 20.8. The van der Waals surface area contributed by atoms with Gasteiger partial charge in [0, 0.05) is 22.3 Å². The van der Waals surface area contributed by atoms with Crippen LogP contribution < -0.4 is 11.5 Å². The largest absolute Gasteiger partial charge is 0.366 e. The summed E-state index contributed by atoms with van der Waals surface area (Å²) in [4.78, 5) is 26.1. The van der Waals surface area contributed by atoms with E-state index in [0.717, 1.165) is 45.9 Å². The van der Waals surface area contributed by atoms with Crippen LogP contribution in [0.3, 0.4) is 0 Å². The Kier molecular flexibility index (Phi) is 15.4. The van der Waals surface area contributed by atoms with Crippen LogP contribution in [0.2, 0.25) is 0 Å². The molecule has 0 aliphatic heterocycles. The Labute approximate surface area is 448 Å². The molecular weight excluding hydrogens is 925 g/mol. The molecule has 0 heterocycles. The lowest BCUT2D eigenvalue weighted by Gasteiger charge is -2.15. The molecule has 0 aliphatic rings. The zero-order valence-electron chi connectivity index (χ0n) is 44.4. The average molecular weight is 989 g/mol. The van der Waals surface area contributed by atoms with Gasteiger partial charge in [0.25, 0.3) is 0 Å². The van der Waals surface area contributed by atoms with Gasteiger partial charge in [-0.3, -0.25) is 9.59 Å². The second kappa shape index (κ2) is 22.9. The van der Waals surface area contributed by atoms with E-state index in [1.165, 1.54) is 142 Å². The van der Waals surface area contributed by atoms with Gasteiger partial charge >= 0.3 is 0 Å². The van der Waals surface area contributed by atoms with Crippen molar-refractivity contribution < 1.29 is 9.59 Å². The second-order valence-electron chi connectivity index (χ2n) is 20.8. The Morgan fingerprint density at radius 1 is 0.368 bits per heavy atom. The minimum Gasteiger partial charge on any atom is -0.366 e. The van der Waals surface area contributed by atoms with Gasteiger partial charge in [0.15, 0.2) is 0 Å². The minimum absolute atomic E-state index is 0.258. The van der Waals surface area contributed by atoms with E-state index >= 15 is 0 Å². The zero-order chi connectivity index (χ0) is 52.7. The van der Waals surface area contributed by atoms with Crippen LogP contribution in [0.5, 0.6) is 0 Å². The highest BCUT2D eigenvalue weighted by atomic mass is 16.1. The Morgan fingerprint density at radius 3 is 1.09 bits per heavy atom. The summed E-state index contributed by atoms with van der Waals surface area (Å²) in [5.74, 6) is 24.7. The van der Waals surface area contributed by atoms with Gasteiger partial charge in [-0.25, -0.2) is 0 Å². The molecule has 4 heteroatoms. The molecule has 0 unspecified atom stereocenters. The summed E-state index contributed by atoms with van der Waals surface area (Å²) in [6.07, 6.45) is 17.3. The molecule has 0 spiro atoms. The standard InChI is InChI=1S/C72H64N2O2/c1-5-7-9-11-13-15-19-49-23-29-53-37-41-63-51(25-31-55-35-39-61(49)67(53)69(55)63)27-33-57-43-47(3)45-65(71(73)75)59(57)21-17-18-22-60-58(44-48(4)46-66(60)72(74)76)34-28-52-26-32-56-36-40-62-50(20-16-14-12-10-8-6-2)24-30-54-38-42-64(52)70(56)68(54)62/h23-26,29-32,35-46H,5-16,19-20H2,1-4H3,(H2,73,75)(H2,74,76). The molecule has 0 fully saturated rings. The fourth-order valence-electron chi connectivity index (χ4n) is 11.5. The maximum absolute atomic E-state index is 13.0. The van der Waals surface area contributed by atoms with Crippen molar-refractivity contribution in [3.05, 3.63) is 188 Å². The summed E-state index contributed by atoms with van der Waals surface area (Å²) >= 11 is 0. The van der Waals surface area contributed by atoms with Gasteiger partial charge in [-0.2, -0.15) is 0 Å². The Balaban J connectivity index is 0.986. The zero-order valence-corrected chi connectivity index (χ0v) is 44.4. The molecule has 0 aromatic heterocycles. The third-order valence-electron chi connectivity index (χ3n) is 15.3. The van der Waals surface area contributed by atoms with Crippen LogP contribution in [0, 0.1) is 61.2 Å². The summed E-state index contributed by atoms with van der Waals surface area (Å²) in [6.45, 7) is 8.35. The van der Waals surface area contributed by atoms with E-state index < -0.39 is 11.8 Å². The van der Waals surface area contributed by atoms with Crippen molar-refractivity contribution in [2.24, 2.45) is 11.5 Å². The van der Waals surface area contributed by atoms with Crippen LogP contribution in [-0.4, -0.2) is 11.8 Å². The molecule has 0 radical (unpaired) electrons. The number of benzene rings is 10. The lowest BCUT2D eigenvalue weighted by molar-refractivity contribution is 0.0991. The number of hydrogen-bond donors (Lipinski definition) is 2. The highest BCUT2D eigenvalue weighted by Gasteiger charge is 2.17. The summed E-state index contributed by atoms with van der Waals surface area (Å²) in [5.41, 5.74) is 20.7. The third kappa shape index (κ3) is 10.6. The monoisotopic (exact) mass is 988 g/mol. The maximum Gasteiger partial charge on any atom is 0.250 e. The number of aryl methyl sites for hydroxylation is 4. The van der Waals surface area contributed by atoms with Crippen molar-refractivity contribution in [3.8, 4) is 47.4 Å². The van der Waals surface area contributed by atoms with Crippen molar-refractivity contribution in [2.45, 2.75) is 118 Å². The van der Waals surface area contributed by atoms with Crippen LogP contribution in [0.1, 0.15) is 167 Å². The van der Waals surface area contributed by atoms with Gasteiger partial charge in [0.05, 0.1) is 22.3 Å². The topological polar surface area (TPSA) is 86.2 Å². The van der Waals surface area contributed by atoms with Crippen LogP contribution in [0.4, 0.5) is 0 Å². The van der Waals surface area contributed by atoms with Crippen LogP contribution >= 0.6 is 0 Å². The maximum atomic E-state index is 13.0. The molecule has 0 bridgehead atoms. The first-order valence-electron chi connectivity index (χ1n) is 27.5. The quantitative estimate of drug-likeness (QED) is 0.0574. The van der Waals surface area contributed by atoms with Gasteiger partial charge in [-0.1, -0.05) is 199 Å². The summed E-state index contributed by atoms with van der Waals surface area (Å²) in [5, 5.41) is 14.5. The van der Waals surface area contributed by atoms with Gasteiger partial charge in [-0.15, -0.1) is 0 Å². The number of rotatable bonds is 16. The molecule has 0 aliphatic carbocycles. The molecule has 10 aromatic carbocycles. The van der Waals surface area contributed by atoms with E-state index in [9.17, 15) is 9.59 Å². The molecule has 76 heavy (non-hydrogen) atoms. The molecule has 4 N–H and O–H groups in total. The van der Waals surface area contributed by atoms with E-state index in [1.54, 1.807) is 12.1 Å². The van der Waals surface area contributed by atoms with Crippen LogP contribution in [0.25, 0.3) is 64.6 Å². The highest BCUT2D eigenvalue weighted by Crippen LogP contribution is 2.40. The lowest BCUT2D eigenvalue weighted by Crippen LogP contribution is -2.14. The van der Waals surface area contributed by atoms with E-state index in [2.05, 4.69) is 158 Å². The first kappa shape index (κ1) is 51.0. The van der Waals surface area contributed by atoms with Gasteiger partial charge < -0.3 is 11.5 Å². The third-order valence-corrected chi connectivity index (χ3v) is 15.3. The van der Waals surface area contributed by atoms with Crippen molar-refractivity contribution in [3.63, 3.8) is 0 Å². The van der Waals surface area contributed by atoms with Crippen LogP contribution in [-0.2, 0) is 12.8 Å². The smallest absolute Gasteiger partial charge is 0.250 e. The number of nitrogens with two attached hydrogens (primary N) is 2. The van der Waals surface area contributed by atoms with Crippen molar-refractivity contribution in [1.82, 2.24) is 0 Å². The van der Waals surface area contributed by atoms with Gasteiger partial charge in [0.1, 0.15) is 0 Å². The van der Waals surface area contributed by atoms with E-state index in [1.807, 2.05) is 26.0 Å². The molecule has 2 amide bonds. The number of carbonyl (C=O) groups excluding carboxylic acids is 2. The number of amides is 2. The molecule has 10 rings (SSSR count). The molecule has 0 saturated carbocycles. The number of hydrogen-bond acceptors (Lipinski definition) is 2. The summed E-state index contributed by atoms with van der Waals surface area (Å²) < 4.78 is 0. The van der Waals surface area contributed by atoms with E-state index in [-0.39, 0.29) is 11.1 Å². The highest BCUT2D eigenvalue weighted by molar-refractivity contribution is 6.25. The van der Waals surface area contributed by atoms with Crippen LogP contribution in [0.15, 0.2) is 121 Å². The normalized spacial score (nSPS) is 11.2. The molecule has 0 saturated heterocycles. The van der Waals surface area contributed by atoms with Crippen molar-refractivity contribution in [1.29, 1.82) is 0 Å². The molecular formula is C72H64N2O2. The lowest BCUT2D eigenvalue weighted by atomic mass is 9.89. The van der Waals surface area contributed by atoms with Crippen molar-refractivity contribution >= 4 is 76.4 Å². The Bertz CT molecular complexity index is 3870. The summed E-state index contributed by atoms with van der Waals surface area (Å²) in [6, 6.07) is 42.7. The fourth-order valence-corrected chi connectivity index (χ4v) is 11.5. The Morgan fingerprint density at radius 2 is 0.697 bits per heavy atom. The number of carbonyl (C=O) groups is 2. The average Bonchev–Trinajstić information content (AvgIpc) is 3.52. The predicted octanol–water partition coefficient (Wildman–Crippen LogP) is 16.3. The number of primary amides is 2. The Hall–Kier alpha value is -8.54. The van der Waals surface area contributed by atoms with Crippen molar-refractivity contribution in [2.75, 3.05) is 0 Å². The number of unbranched alkanes of at least 4 members (excludes halogenated alkanes) is 10. The minimum atomic E-state index is -0.615. The molecule has 374 valence electrons. The first-order valence-corrected chi connectivity index (χ1v) is 27.5. The molecule has 4 nitrogen and oxygen atoms in total. The van der Waals surface area contributed by atoms with E-state index in [4.69, 9.17) is 11.5 Å². The van der Waals surface area contributed by atoms with E-state index in [0.29, 0.717) is 22.3 Å². The molecule has 10 aromatic rings. The first-order chi connectivity index (χ1) is 37.1. The SMILES string of the molecule is CCCCCCCCc1ccc2ccc3c(C#Cc4cc(C)cc(C(N)=O)c4C#CC#Cc4c(C#Cc5ccc6ccc7c(CCCCCCCC)ccc8ccc5c6c87)cc(C)cc4C(N)=O)ccc4ccc1c2c43. The van der Waals surface area contributed by atoms with Gasteiger partial charge in [-0.05, 0) is 175 Å². The predicted molar refractivity (Wildman–Crippen MR) is 320 cm³/mol. The molecule has 0 atom stereocenters. The fraction of sp³-hybridized carbons (Fsp3) is 0.250. The van der Waals surface area contributed by atoms with Gasteiger partial charge in [0.2, 0.25) is 11.8 Å². The summed E-state index contributed by atoms with van der Waals surface area (Å²) in [7, 11) is 0.